The Morgan fingerprint density at radius 2 is 2.21 bits per heavy atom. The molecule has 1 heterocycles. The highest BCUT2D eigenvalue weighted by molar-refractivity contribution is 5.81. The summed E-state index contributed by atoms with van der Waals surface area (Å²) in [7, 11) is 0. The maximum atomic E-state index is 6.13. The van der Waals surface area contributed by atoms with Crippen LogP contribution in [-0.2, 0) is 5.54 Å². The van der Waals surface area contributed by atoms with Crippen LogP contribution in [0.25, 0.3) is 10.9 Å². The molecule has 3 heteroatoms. The molecule has 2 N–H and O–H groups in total. The van der Waals surface area contributed by atoms with Crippen LogP contribution in [0.1, 0.15) is 24.2 Å². The Bertz CT molecular complexity index is 497. The molecule has 0 radical (unpaired) electrons. The highest BCUT2D eigenvalue weighted by Crippen LogP contribution is 2.43. The molecule has 3 nitrogen and oxygen atoms in total. The van der Waals surface area contributed by atoms with Crippen molar-refractivity contribution in [3.63, 3.8) is 0 Å². The van der Waals surface area contributed by atoms with Crippen LogP contribution in [0.15, 0.2) is 22.7 Å². The number of fused-ring (bicyclic) bond motifs is 1. The number of nitrogens with zero attached hydrogens (tertiary/aromatic N) is 1. The first-order chi connectivity index (χ1) is 6.69. The van der Waals surface area contributed by atoms with Gasteiger partial charge in [-0.2, -0.15) is 0 Å². The molecule has 1 saturated carbocycles. The van der Waals surface area contributed by atoms with Crippen LogP contribution in [0.5, 0.6) is 0 Å². The molecule has 0 spiro atoms. The highest BCUT2D eigenvalue weighted by Gasteiger charge is 2.40. The summed E-state index contributed by atoms with van der Waals surface area (Å²) in [5.74, 6) is 0.867. The number of nitrogens with two attached hydrogens (primary N) is 1. The molecule has 0 bridgehead atoms. The average Bonchev–Trinajstić information content (AvgIpc) is 2.84. The summed E-state index contributed by atoms with van der Waals surface area (Å²) in [4.78, 5) is 0. The van der Waals surface area contributed by atoms with Crippen LogP contribution in [0.3, 0.4) is 0 Å². The van der Waals surface area contributed by atoms with Crippen LogP contribution in [0.2, 0.25) is 0 Å². The summed E-state index contributed by atoms with van der Waals surface area (Å²) in [6.07, 6.45) is 2.17. The normalized spacial score (nSPS) is 18.7. The van der Waals surface area contributed by atoms with Gasteiger partial charge < -0.3 is 10.3 Å². The molecule has 0 atom stereocenters. The Morgan fingerprint density at radius 3 is 2.93 bits per heavy atom. The molecule has 1 fully saturated rings. The second-order valence-corrected chi connectivity index (χ2v) is 4.13. The van der Waals surface area contributed by atoms with Crippen LogP contribution >= 0.6 is 0 Å². The second kappa shape index (κ2) is 2.36. The topological polar surface area (TPSA) is 52.0 Å². The molecule has 1 aliphatic rings. The van der Waals surface area contributed by atoms with Crippen LogP contribution in [0, 0.1) is 6.92 Å². The smallest absolute Gasteiger partial charge is 0.141 e. The Balaban J connectivity index is 2.23. The van der Waals surface area contributed by atoms with Gasteiger partial charge in [0.05, 0.1) is 0 Å². The van der Waals surface area contributed by atoms with Gasteiger partial charge in [-0.3, -0.25) is 0 Å². The molecule has 2 aromatic rings. The zero-order valence-corrected chi connectivity index (χ0v) is 8.08. The first-order valence-corrected chi connectivity index (χ1v) is 4.84. The predicted molar refractivity (Wildman–Crippen MR) is 53.8 cm³/mol. The summed E-state index contributed by atoms with van der Waals surface area (Å²) in [6.45, 7) is 1.93. The van der Waals surface area contributed by atoms with E-state index in [1.807, 2.05) is 13.0 Å². The average molecular weight is 188 g/mol. The van der Waals surface area contributed by atoms with Gasteiger partial charge in [-0.05, 0) is 37.5 Å². The van der Waals surface area contributed by atoms with Gasteiger partial charge in [-0.1, -0.05) is 11.2 Å². The molecule has 0 amide bonds. The zero-order valence-electron chi connectivity index (χ0n) is 8.08. The van der Waals surface area contributed by atoms with Gasteiger partial charge in [0.1, 0.15) is 11.3 Å². The molecule has 3 rings (SSSR count). The summed E-state index contributed by atoms with van der Waals surface area (Å²) in [5.41, 5.74) is 8.17. The lowest BCUT2D eigenvalue weighted by atomic mass is 10.0. The minimum absolute atomic E-state index is 0.0715. The summed E-state index contributed by atoms with van der Waals surface area (Å²) >= 11 is 0. The lowest BCUT2D eigenvalue weighted by molar-refractivity contribution is 0.405. The van der Waals surface area contributed by atoms with E-state index in [0.29, 0.717) is 0 Å². The van der Waals surface area contributed by atoms with Gasteiger partial charge in [-0.25, -0.2) is 0 Å². The Kier molecular flexibility index (Phi) is 1.35. The van der Waals surface area contributed by atoms with Gasteiger partial charge in [0, 0.05) is 10.9 Å². The second-order valence-electron chi connectivity index (χ2n) is 4.13. The van der Waals surface area contributed by atoms with Crippen molar-refractivity contribution in [3.05, 3.63) is 29.5 Å². The zero-order chi connectivity index (χ0) is 9.76. The minimum atomic E-state index is -0.0715. The minimum Gasteiger partial charge on any atom is -0.360 e. The van der Waals surface area contributed by atoms with E-state index in [4.69, 9.17) is 10.3 Å². The molecule has 0 aliphatic heterocycles. The van der Waals surface area contributed by atoms with Crippen molar-refractivity contribution in [2.45, 2.75) is 25.3 Å². The Labute approximate surface area is 81.9 Å². The number of aryl methyl sites for hydroxylation is 1. The number of hydrogen-bond acceptors (Lipinski definition) is 3. The van der Waals surface area contributed by atoms with Gasteiger partial charge >= 0.3 is 0 Å². The first-order valence-electron chi connectivity index (χ1n) is 4.84. The molecule has 14 heavy (non-hydrogen) atoms. The third-order valence-electron chi connectivity index (χ3n) is 3.02. The Morgan fingerprint density at radius 1 is 1.43 bits per heavy atom. The maximum Gasteiger partial charge on any atom is 0.141 e. The van der Waals surface area contributed by atoms with Crippen molar-refractivity contribution in [2.75, 3.05) is 0 Å². The van der Waals surface area contributed by atoms with Crippen molar-refractivity contribution in [2.24, 2.45) is 5.73 Å². The summed E-state index contributed by atoms with van der Waals surface area (Å²) < 4.78 is 5.11. The standard InChI is InChI=1S/C11H12N2O/c1-7-9-6-8(11(12)4-5-11)2-3-10(9)13-14-7/h2-3,6H,4-5,12H2,1H3. The summed E-state index contributed by atoms with van der Waals surface area (Å²) in [5, 5.41) is 5.03. The third kappa shape index (κ3) is 0.990. The predicted octanol–water partition coefficient (Wildman–Crippen LogP) is 2.08. The van der Waals surface area contributed by atoms with Crippen molar-refractivity contribution in [1.29, 1.82) is 0 Å². The fourth-order valence-electron chi connectivity index (χ4n) is 1.80. The van der Waals surface area contributed by atoms with Crippen LogP contribution < -0.4 is 5.73 Å². The molecular formula is C11H12N2O. The first kappa shape index (κ1) is 8.00. The molecule has 1 aliphatic carbocycles. The van der Waals surface area contributed by atoms with E-state index in [-0.39, 0.29) is 5.54 Å². The van der Waals surface area contributed by atoms with Crippen molar-refractivity contribution < 1.29 is 4.52 Å². The van der Waals surface area contributed by atoms with Gasteiger partial charge in [0.15, 0.2) is 0 Å². The van der Waals surface area contributed by atoms with E-state index in [1.54, 1.807) is 0 Å². The fourth-order valence-corrected chi connectivity index (χ4v) is 1.80. The lowest BCUT2D eigenvalue weighted by Crippen LogP contribution is -2.18. The summed E-state index contributed by atoms with van der Waals surface area (Å²) in [6, 6.07) is 6.14. The quantitative estimate of drug-likeness (QED) is 0.745. The van der Waals surface area contributed by atoms with E-state index in [1.165, 1.54) is 5.56 Å². The monoisotopic (exact) mass is 188 g/mol. The lowest BCUT2D eigenvalue weighted by Gasteiger charge is -2.07. The highest BCUT2D eigenvalue weighted by atomic mass is 16.5. The maximum absolute atomic E-state index is 6.13. The molecule has 72 valence electrons. The van der Waals surface area contributed by atoms with Gasteiger partial charge in [-0.15, -0.1) is 0 Å². The Hall–Kier alpha value is -1.35. The van der Waals surface area contributed by atoms with E-state index in [0.717, 1.165) is 29.5 Å². The van der Waals surface area contributed by atoms with Crippen LogP contribution in [0.4, 0.5) is 0 Å². The van der Waals surface area contributed by atoms with Gasteiger partial charge in [0.25, 0.3) is 0 Å². The largest absolute Gasteiger partial charge is 0.360 e. The molecule has 0 unspecified atom stereocenters. The number of rotatable bonds is 1. The SMILES string of the molecule is Cc1onc2ccc(C3(N)CC3)cc12. The third-order valence-corrected chi connectivity index (χ3v) is 3.02. The van der Waals surface area contributed by atoms with E-state index >= 15 is 0 Å². The van der Waals surface area contributed by atoms with Crippen molar-refractivity contribution in [3.8, 4) is 0 Å². The molecular weight excluding hydrogens is 176 g/mol. The fraction of sp³-hybridized carbons (Fsp3) is 0.364. The van der Waals surface area contributed by atoms with E-state index in [9.17, 15) is 0 Å². The van der Waals surface area contributed by atoms with Crippen molar-refractivity contribution >= 4 is 10.9 Å². The molecule has 1 aromatic heterocycles. The molecule has 1 aromatic carbocycles. The van der Waals surface area contributed by atoms with E-state index < -0.39 is 0 Å². The van der Waals surface area contributed by atoms with Crippen molar-refractivity contribution in [1.82, 2.24) is 5.16 Å². The number of benzene rings is 1. The van der Waals surface area contributed by atoms with Crippen LogP contribution in [-0.4, -0.2) is 5.16 Å². The molecule has 0 saturated heterocycles. The van der Waals surface area contributed by atoms with E-state index in [2.05, 4.69) is 17.3 Å². The number of hydrogen-bond donors (Lipinski definition) is 1. The number of aromatic nitrogens is 1. The van der Waals surface area contributed by atoms with Gasteiger partial charge in [0.2, 0.25) is 0 Å².